The Morgan fingerprint density at radius 2 is 2.06 bits per heavy atom. The molecule has 18 heavy (non-hydrogen) atoms. The first-order chi connectivity index (χ1) is 8.71. The average molecular weight is 251 g/mol. The van der Waals surface area contributed by atoms with Crippen LogP contribution in [0.15, 0.2) is 18.5 Å². The Morgan fingerprint density at radius 3 is 2.67 bits per heavy atom. The Balaban J connectivity index is 2.45. The van der Waals surface area contributed by atoms with Crippen LogP contribution in [0.3, 0.4) is 0 Å². The van der Waals surface area contributed by atoms with Crippen molar-refractivity contribution in [3.63, 3.8) is 0 Å². The number of nitrogens with one attached hydrogen (secondary N) is 1. The molecule has 0 spiro atoms. The molecular weight excluding hydrogens is 226 g/mol. The zero-order valence-corrected chi connectivity index (χ0v) is 11.8. The molecule has 0 aromatic carbocycles. The first-order valence-electron chi connectivity index (χ1n) is 6.84. The van der Waals surface area contributed by atoms with Crippen LogP contribution in [0.5, 0.6) is 0 Å². The highest BCUT2D eigenvalue weighted by Gasteiger charge is 2.09. The van der Waals surface area contributed by atoms with Gasteiger partial charge < -0.3 is 14.8 Å². The van der Waals surface area contributed by atoms with E-state index in [1.165, 1.54) is 5.56 Å². The highest BCUT2D eigenvalue weighted by atomic mass is 16.2. The van der Waals surface area contributed by atoms with Crippen LogP contribution in [0.4, 0.5) is 0 Å². The highest BCUT2D eigenvalue weighted by molar-refractivity contribution is 5.75. The van der Waals surface area contributed by atoms with Crippen molar-refractivity contribution in [2.24, 2.45) is 0 Å². The lowest BCUT2D eigenvalue weighted by molar-refractivity contribution is -0.131. The molecule has 1 aromatic heterocycles. The molecule has 0 aliphatic carbocycles. The fourth-order valence-corrected chi connectivity index (χ4v) is 1.94. The number of likely N-dealkylation sites (N-methyl/N-ethyl adjacent to an activating group) is 1. The monoisotopic (exact) mass is 251 g/mol. The lowest BCUT2D eigenvalue weighted by Crippen LogP contribution is -2.33. The Bertz CT molecular complexity index is 356. The Hall–Kier alpha value is -1.29. The fraction of sp³-hybridized carbons (Fsp3) is 0.643. The van der Waals surface area contributed by atoms with Crippen LogP contribution in [0.2, 0.25) is 0 Å². The van der Waals surface area contributed by atoms with Gasteiger partial charge in [0.2, 0.25) is 5.91 Å². The molecule has 1 heterocycles. The van der Waals surface area contributed by atoms with E-state index in [0.717, 1.165) is 32.6 Å². The minimum atomic E-state index is 0.184. The van der Waals surface area contributed by atoms with Crippen molar-refractivity contribution in [1.29, 1.82) is 0 Å². The number of carbonyl (C=O) groups excluding carboxylic acids is 1. The molecule has 1 N–H and O–H groups in total. The first kappa shape index (κ1) is 14.8. The SMILES string of the molecule is CCCNCc1ccn(CC(=O)N(CC)CC)c1. The summed E-state index contributed by atoms with van der Waals surface area (Å²) in [7, 11) is 0. The zero-order valence-electron chi connectivity index (χ0n) is 11.8. The Kier molecular flexibility index (Phi) is 6.50. The normalized spacial score (nSPS) is 10.6. The van der Waals surface area contributed by atoms with Crippen molar-refractivity contribution in [3.05, 3.63) is 24.0 Å². The van der Waals surface area contributed by atoms with E-state index in [2.05, 4.69) is 18.3 Å². The second-order valence-corrected chi connectivity index (χ2v) is 4.43. The lowest BCUT2D eigenvalue weighted by atomic mass is 10.3. The molecule has 0 saturated heterocycles. The molecule has 0 atom stereocenters. The van der Waals surface area contributed by atoms with Gasteiger partial charge in [0.05, 0.1) is 0 Å². The van der Waals surface area contributed by atoms with Crippen molar-refractivity contribution < 1.29 is 4.79 Å². The summed E-state index contributed by atoms with van der Waals surface area (Å²) in [6, 6.07) is 2.07. The van der Waals surface area contributed by atoms with Crippen LogP contribution < -0.4 is 5.32 Å². The summed E-state index contributed by atoms with van der Waals surface area (Å²) >= 11 is 0. The Morgan fingerprint density at radius 1 is 1.33 bits per heavy atom. The number of rotatable bonds is 8. The molecule has 102 valence electrons. The van der Waals surface area contributed by atoms with Crippen molar-refractivity contribution in [2.75, 3.05) is 19.6 Å². The van der Waals surface area contributed by atoms with Gasteiger partial charge in [0.15, 0.2) is 0 Å². The van der Waals surface area contributed by atoms with Crippen molar-refractivity contribution in [1.82, 2.24) is 14.8 Å². The summed E-state index contributed by atoms with van der Waals surface area (Å²) in [5.41, 5.74) is 1.23. The maximum absolute atomic E-state index is 11.9. The van der Waals surface area contributed by atoms with Crippen molar-refractivity contribution >= 4 is 5.91 Å². The smallest absolute Gasteiger partial charge is 0.242 e. The predicted molar refractivity (Wildman–Crippen MR) is 74.4 cm³/mol. The summed E-state index contributed by atoms with van der Waals surface area (Å²) in [5.74, 6) is 0.184. The molecule has 0 bridgehead atoms. The summed E-state index contributed by atoms with van der Waals surface area (Å²) in [4.78, 5) is 13.8. The molecular formula is C14H25N3O. The van der Waals surface area contributed by atoms with Gasteiger partial charge in [-0.05, 0) is 38.4 Å². The Labute approximate surface area is 110 Å². The molecule has 4 heteroatoms. The topological polar surface area (TPSA) is 37.3 Å². The third-order valence-electron chi connectivity index (χ3n) is 3.00. The standard InChI is InChI=1S/C14H25N3O/c1-4-8-15-10-13-7-9-16(11-13)12-14(18)17(5-2)6-3/h7,9,11,15H,4-6,8,10,12H2,1-3H3. The van der Waals surface area contributed by atoms with E-state index in [4.69, 9.17) is 0 Å². The second-order valence-electron chi connectivity index (χ2n) is 4.43. The summed E-state index contributed by atoms with van der Waals surface area (Å²) in [6.45, 7) is 10.1. The second kappa shape index (κ2) is 7.93. The van der Waals surface area contributed by atoms with E-state index < -0.39 is 0 Å². The minimum absolute atomic E-state index is 0.184. The molecule has 0 fully saturated rings. The van der Waals surface area contributed by atoms with E-state index in [1.54, 1.807) is 0 Å². The van der Waals surface area contributed by atoms with E-state index in [0.29, 0.717) is 6.54 Å². The molecule has 1 rings (SSSR count). The number of carbonyl (C=O) groups is 1. The number of nitrogens with zero attached hydrogens (tertiary/aromatic N) is 2. The van der Waals surface area contributed by atoms with E-state index in [1.807, 2.05) is 35.7 Å². The average Bonchev–Trinajstić information content (AvgIpc) is 2.79. The lowest BCUT2D eigenvalue weighted by Gasteiger charge is -2.18. The minimum Gasteiger partial charge on any atom is -0.345 e. The van der Waals surface area contributed by atoms with Gasteiger partial charge in [-0.2, -0.15) is 0 Å². The van der Waals surface area contributed by atoms with Gasteiger partial charge in [-0.1, -0.05) is 6.92 Å². The van der Waals surface area contributed by atoms with Gasteiger partial charge in [0.25, 0.3) is 0 Å². The molecule has 1 aromatic rings. The fourth-order valence-electron chi connectivity index (χ4n) is 1.94. The highest BCUT2D eigenvalue weighted by Crippen LogP contribution is 2.02. The molecule has 4 nitrogen and oxygen atoms in total. The van der Waals surface area contributed by atoms with Crippen LogP contribution in [-0.4, -0.2) is 35.0 Å². The van der Waals surface area contributed by atoms with Crippen molar-refractivity contribution in [3.8, 4) is 0 Å². The van der Waals surface area contributed by atoms with Crippen LogP contribution >= 0.6 is 0 Å². The van der Waals surface area contributed by atoms with Crippen LogP contribution in [-0.2, 0) is 17.9 Å². The number of hydrogen-bond donors (Lipinski definition) is 1. The van der Waals surface area contributed by atoms with Gasteiger partial charge in [-0.25, -0.2) is 0 Å². The maximum Gasteiger partial charge on any atom is 0.242 e. The molecule has 0 aliphatic heterocycles. The van der Waals surface area contributed by atoms with Crippen LogP contribution in [0, 0.1) is 0 Å². The maximum atomic E-state index is 11.9. The third-order valence-corrected chi connectivity index (χ3v) is 3.00. The van der Waals surface area contributed by atoms with Gasteiger partial charge in [-0.15, -0.1) is 0 Å². The quantitative estimate of drug-likeness (QED) is 0.716. The number of aromatic nitrogens is 1. The zero-order chi connectivity index (χ0) is 13.4. The largest absolute Gasteiger partial charge is 0.345 e. The van der Waals surface area contributed by atoms with Crippen LogP contribution in [0.25, 0.3) is 0 Å². The third kappa shape index (κ3) is 4.53. The number of amides is 1. The first-order valence-corrected chi connectivity index (χ1v) is 6.84. The molecule has 0 saturated carbocycles. The van der Waals surface area contributed by atoms with E-state index >= 15 is 0 Å². The number of hydrogen-bond acceptors (Lipinski definition) is 2. The molecule has 0 radical (unpaired) electrons. The van der Waals surface area contributed by atoms with Gasteiger partial charge in [0.1, 0.15) is 6.54 Å². The molecule has 0 unspecified atom stereocenters. The van der Waals surface area contributed by atoms with Gasteiger partial charge >= 0.3 is 0 Å². The summed E-state index contributed by atoms with van der Waals surface area (Å²) in [5, 5.41) is 3.35. The van der Waals surface area contributed by atoms with E-state index in [-0.39, 0.29) is 5.91 Å². The van der Waals surface area contributed by atoms with Gasteiger partial charge in [0, 0.05) is 32.0 Å². The van der Waals surface area contributed by atoms with Gasteiger partial charge in [-0.3, -0.25) is 4.79 Å². The van der Waals surface area contributed by atoms with Crippen molar-refractivity contribution in [2.45, 2.75) is 40.3 Å². The van der Waals surface area contributed by atoms with E-state index in [9.17, 15) is 4.79 Å². The summed E-state index contributed by atoms with van der Waals surface area (Å²) in [6.07, 6.45) is 5.16. The summed E-state index contributed by atoms with van der Waals surface area (Å²) < 4.78 is 1.96. The molecule has 0 aliphatic rings. The van der Waals surface area contributed by atoms with Crippen LogP contribution in [0.1, 0.15) is 32.8 Å². The molecule has 1 amide bonds. The predicted octanol–water partition coefficient (Wildman–Crippen LogP) is 1.86.